The van der Waals surface area contributed by atoms with Gasteiger partial charge in [-0.05, 0) is 54.1 Å². The van der Waals surface area contributed by atoms with Crippen LogP contribution in [0.4, 0.5) is 20.6 Å². The minimum absolute atomic E-state index is 0.0475. The van der Waals surface area contributed by atoms with Gasteiger partial charge in [0.1, 0.15) is 11.9 Å². The number of benzene rings is 3. The third kappa shape index (κ3) is 5.08. The van der Waals surface area contributed by atoms with Crippen LogP contribution in [0.25, 0.3) is 0 Å². The molecule has 1 saturated heterocycles. The van der Waals surface area contributed by atoms with Crippen LogP contribution < -0.4 is 19.7 Å². The highest BCUT2D eigenvalue weighted by Gasteiger charge is 2.46. The highest BCUT2D eigenvalue weighted by molar-refractivity contribution is 6.22. The van der Waals surface area contributed by atoms with Crippen molar-refractivity contribution in [1.29, 1.82) is 0 Å². The van der Waals surface area contributed by atoms with Crippen molar-refractivity contribution in [3.63, 3.8) is 0 Å². The monoisotopic (exact) mass is 477 g/mol. The van der Waals surface area contributed by atoms with Gasteiger partial charge in [-0.25, -0.2) is 14.1 Å². The molecule has 4 rings (SSSR count). The van der Waals surface area contributed by atoms with E-state index in [-0.39, 0.29) is 18.7 Å². The quantitative estimate of drug-likeness (QED) is 0.491. The number of imide groups is 1. The summed E-state index contributed by atoms with van der Waals surface area (Å²) < 4.78 is 24.1. The molecule has 4 amide bonds. The number of rotatable bonds is 8. The van der Waals surface area contributed by atoms with Crippen LogP contribution in [0.2, 0.25) is 0 Å². The number of nitrogens with one attached hydrogen (secondary N) is 1. The van der Waals surface area contributed by atoms with Crippen LogP contribution in [-0.4, -0.2) is 43.0 Å². The molecular weight excluding hydrogens is 453 g/mol. The Morgan fingerprint density at radius 3 is 2.29 bits per heavy atom. The Morgan fingerprint density at radius 1 is 0.943 bits per heavy atom. The highest BCUT2D eigenvalue weighted by atomic mass is 19.1. The fourth-order valence-electron chi connectivity index (χ4n) is 3.93. The van der Waals surface area contributed by atoms with Crippen LogP contribution in [0.1, 0.15) is 12.0 Å². The molecule has 0 spiro atoms. The molecule has 180 valence electrons. The number of urea groups is 1. The van der Waals surface area contributed by atoms with E-state index in [1.165, 1.54) is 43.4 Å². The third-order valence-corrected chi connectivity index (χ3v) is 5.64. The lowest BCUT2D eigenvalue weighted by atomic mass is 10.1. The van der Waals surface area contributed by atoms with Crippen molar-refractivity contribution in [2.45, 2.75) is 19.0 Å². The molecule has 9 heteroatoms. The molecule has 35 heavy (non-hydrogen) atoms. The lowest BCUT2D eigenvalue weighted by Crippen LogP contribution is -2.37. The lowest BCUT2D eigenvalue weighted by molar-refractivity contribution is -0.124. The number of para-hydroxylation sites is 1. The molecule has 0 aliphatic carbocycles. The number of ether oxygens (including phenoxy) is 2. The Bertz CT molecular complexity index is 1230. The van der Waals surface area contributed by atoms with Crippen LogP contribution in [-0.2, 0) is 16.1 Å². The first-order valence-corrected chi connectivity index (χ1v) is 10.9. The highest BCUT2D eigenvalue weighted by Crippen LogP contribution is 2.32. The van der Waals surface area contributed by atoms with Crippen LogP contribution in [0.15, 0.2) is 72.8 Å². The van der Waals surface area contributed by atoms with Crippen molar-refractivity contribution in [2.24, 2.45) is 0 Å². The van der Waals surface area contributed by atoms with Crippen LogP contribution in [0, 0.1) is 5.82 Å². The van der Waals surface area contributed by atoms with Crippen molar-refractivity contribution in [2.75, 3.05) is 24.4 Å². The summed E-state index contributed by atoms with van der Waals surface area (Å²) in [5.74, 6) is -0.483. The summed E-state index contributed by atoms with van der Waals surface area (Å²) in [6.45, 7) is 0.0475. The largest absolute Gasteiger partial charge is 0.493 e. The molecular formula is C26H24FN3O5. The Kier molecular flexibility index (Phi) is 6.96. The van der Waals surface area contributed by atoms with Gasteiger partial charge < -0.3 is 19.7 Å². The maximum absolute atomic E-state index is 13.4. The molecule has 1 fully saturated rings. The van der Waals surface area contributed by atoms with Gasteiger partial charge in [-0.3, -0.25) is 9.59 Å². The number of hydrogen-bond acceptors (Lipinski definition) is 5. The van der Waals surface area contributed by atoms with E-state index in [0.717, 1.165) is 4.90 Å². The molecule has 1 aliphatic rings. The van der Waals surface area contributed by atoms with E-state index in [0.29, 0.717) is 22.7 Å². The first kappa shape index (κ1) is 23.7. The third-order valence-electron chi connectivity index (χ3n) is 5.64. The van der Waals surface area contributed by atoms with Gasteiger partial charge in [0.05, 0.1) is 26.3 Å². The van der Waals surface area contributed by atoms with E-state index in [1.54, 1.807) is 42.5 Å². The Labute approximate surface area is 201 Å². The second kappa shape index (κ2) is 10.3. The summed E-state index contributed by atoms with van der Waals surface area (Å²) in [4.78, 5) is 41.8. The van der Waals surface area contributed by atoms with E-state index >= 15 is 0 Å². The molecule has 1 unspecified atom stereocenters. The molecule has 0 saturated carbocycles. The van der Waals surface area contributed by atoms with Gasteiger partial charge in [0.2, 0.25) is 5.91 Å². The van der Waals surface area contributed by atoms with Crippen molar-refractivity contribution < 1.29 is 28.2 Å². The zero-order valence-corrected chi connectivity index (χ0v) is 19.2. The molecule has 3 aromatic carbocycles. The van der Waals surface area contributed by atoms with Crippen LogP contribution >= 0.6 is 0 Å². The number of amides is 4. The van der Waals surface area contributed by atoms with Crippen molar-refractivity contribution in [3.05, 3.63) is 84.2 Å². The topological polar surface area (TPSA) is 88.2 Å². The number of nitrogens with zero attached hydrogens (tertiary/aromatic N) is 2. The maximum atomic E-state index is 13.4. The molecule has 1 N–H and O–H groups in total. The first-order chi connectivity index (χ1) is 16.9. The van der Waals surface area contributed by atoms with E-state index in [9.17, 15) is 18.8 Å². The minimum Gasteiger partial charge on any atom is -0.493 e. The molecule has 0 radical (unpaired) electrons. The zero-order valence-electron chi connectivity index (χ0n) is 19.2. The zero-order chi connectivity index (χ0) is 24.9. The van der Waals surface area contributed by atoms with E-state index in [2.05, 4.69) is 5.32 Å². The average Bonchev–Trinajstić information content (AvgIpc) is 3.09. The molecule has 1 heterocycles. The van der Waals surface area contributed by atoms with Crippen molar-refractivity contribution in [1.82, 2.24) is 4.90 Å². The maximum Gasteiger partial charge on any atom is 0.332 e. The molecule has 1 atom stereocenters. The molecule has 3 aromatic rings. The van der Waals surface area contributed by atoms with Gasteiger partial charge in [0.25, 0.3) is 5.91 Å². The normalized spacial score (nSPS) is 15.3. The predicted octanol–water partition coefficient (Wildman–Crippen LogP) is 4.21. The molecule has 0 bridgehead atoms. The van der Waals surface area contributed by atoms with E-state index < -0.39 is 29.7 Å². The van der Waals surface area contributed by atoms with Crippen LogP contribution in [0.3, 0.4) is 0 Å². The summed E-state index contributed by atoms with van der Waals surface area (Å²) in [6, 6.07) is 17.4. The number of halogens is 1. The van der Waals surface area contributed by atoms with Crippen molar-refractivity contribution in [3.8, 4) is 11.5 Å². The molecule has 0 aromatic heterocycles. The second-order valence-electron chi connectivity index (χ2n) is 7.88. The fraction of sp³-hybridized carbons (Fsp3) is 0.192. The Morgan fingerprint density at radius 2 is 1.63 bits per heavy atom. The van der Waals surface area contributed by atoms with Gasteiger partial charge >= 0.3 is 6.03 Å². The summed E-state index contributed by atoms with van der Waals surface area (Å²) in [7, 11) is 3.02. The van der Waals surface area contributed by atoms with Crippen LogP contribution in [0.5, 0.6) is 11.5 Å². The summed E-state index contributed by atoms with van der Waals surface area (Å²) >= 11 is 0. The Balaban J connectivity index is 1.63. The molecule has 1 aliphatic heterocycles. The number of carbonyl (C=O) groups is 3. The number of carbonyl (C=O) groups excluding carboxylic acids is 3. The standard InChI is InChI=1S/C26H24FN3O5/c1-34-22-13-8-17(14-23(22)35-2)16-29-21(15-24(31)28-19-6-4-3-5-7-19)25(32)30(26(29)33)20-11-9-18(27)10-12-20/h3-14,21H,15-16H2,1-2H3,(H,28,31). The summed E-state index contributed by atoms with van der Waals surface area (Å²) in [5.41, 5.74) is 1.49. The lowest BCUT2D eigenvalue weighted by Gasteiger charge is -2.22. The molecule has 8 nitrogen and oxygen atoms in total. The van der Waals surface area contributed by atoms with Crippen molar-refractivity contribution >= 4 is 29.2 Å². The fourth-order valence-corrected chi connectivity index (χ4v) is 3.93. The van der Waals surface area contributed by atoms with E-state index in [4.69, 9.17) is 9.47 Å². The summed E-state index contributed by atoms with van der Waals surface area (Å²) in [5, 5.41) is 2.75. The second-order valence-corrected chi connectivity index (χ2v) is 7.88. The minimum atomic E-state index is -1.05. The predicted molar refractivity (Wildman–Crippen MR) is 128 cm³/mol. The number of anilines is 2. The first-order valence-electron chi connectivity index (χ1n) is 10.9. The summed E-state index contributed by atoms with van der Waals surface area (Å²) in [6.07, 6.45) is -0.246. The van der Waals surface area contributed by atoms with Gasteiger partial charge in [-0.1, -0.05) is 24.3 Å². The smallest absolute Gasteiger partial charge is 0.332 e. The SMILES string of the molecule is COc1ccc(CN2C(=O)N(c3ccc(F)cc3)C(=O)C2CC(=O)Nc2ccccc2)cc1OC. The van der Waals surface area contributed by atoms with Gasteiger partial charge in [0, 0.05) is 12.2 Å². The Hall–Kier alpha value is -4.40. The number of methoxy groups -OCH3 is 2. The average molecular weight is 477 g/mol. The number of hydrogen-bond donors (Lipinski definition) is 1. The van der Waals surface area contributed by atoms with Gasteiger partial charge in [0.15, 0.2) is 11.5 Å². The van der Waals surface area contributed by atoms with Gasteiger partial charge in [-0.15, -0.1) is 0 Å². The van der Waals surface area contributed by atoms with E-state index in [1.807, 2.05) is 6.07 Å². The van der Waals surface area contributed by atoms with Gasteiger partial charge in [-0.2, -0.15) is 0 Å².